The Kier molecular flexibility index (Phi) is 5.15. The van der Waals surface area contributed by atoms with Gasteiger partial charge in [-0.2, -0.15) is 0 Å². The molecule has 1 aliphatic heterocycles. The van der Waals surface area contributed by atoms with Crippen molar-refractivity contribution in [3.63, 3.8) is 0 Å². The molecular weight excluding hydrogens is 331 g/mol. The molecule has 1 aromatic heterocycles. The Labute approximate surface area is 146 Å². The van der Waals surface area contributed by atoms with E-state index in [4.69, 9.17) is 14.2 Å². The molecule has 0 radical (unpaired) electrons. The van der Waals surface area contributed by atoms with Crippen LogP contribution in [-0.4, -0.2) is 46.5 Å². The maximum absolute atomic E-state index is 14.2. The Hall–Kier alpha value is -2.06. The van der Waals surface area contributed by atoms with Crippen LogP contribution in [0.1, 0.15) is 46.4 Å². The number of carbonyl (C=O) groups excluding carboxylic acids is 2. The SMILES string of the molecule is COC(C)(C)O[C@H]1C(=O)N(C(=O)OC(C)(C)C)[C@H]1c1ncccc1F. The van der Waals surface area contributed by atoms with E-state index in [9.17, 15) is 14.0 Å². The monoisotopic (exact) mass is 354 g/mol. The van der Waals surface area contributed by atoms with Crippen LogP contribution in [0.3, 0.4) is 0 Å². The highest BCUT2D eigenvalue weighted by atomic mass is 19.1. The van der Waals surface area contributed by atoms with Crippen LogP contribution in [0, 0.1) is 5.82 Å². The number of likely N-dealkylation sites (tertiary alicyclic amines) is 1. The first-order valence-corrected chi connectivity index (χ1v) is 7.86. The summed E-state index contributed by atoms with van der Waals surface area (Å²) >= 11 is 0. The van der Waals surface area contributed by atoms with E-state index >= 15 is 0 Å². The fourth-order valence-corrected chi connectivity index (χ4v) is 2.33. The van der Waals surface area contributed by atoms with Gasteiger partial charge >= 0.3 is 6.09 Å². The number of β-lactam (4-membered cyclic amide) rings is 1. The molecule has 1 aromatic rings. The van der Waals surface area contributed by atoms with Crippen LogP contribution in [-0.2, 0) is 19.0 Å². The number of rotatable bonds is 4. The topological polar surface area (TPSA) is 78.0 Å². The van der Waals surface area contributed by atoms with Gasteiger partial charge in [-0.1, -0.05) is 0 Å². The minimum absolute atomic E-state index is 0.0649. The number of amides is 2. The molecule has 138 valence electrons. The standard InChI is InChI=1S/C17H23FN2O5/c1-16(2,3)25-15(22)20-12(11-10(18)8-7-9-19-11)13(14(20)21)24-17(4,5)23-6/h7-9,12-13H,1-6H3/t12-,13+/m0/s1. The summed E-state index contributed by atoms with van der Waals surface area (Å²) in [6, 6.07) is 1.60. The number of methoxy groups -OCH3 is 1. The molecule has 2 amide bonds. The molecule has 0 saturated carbocycles. The van der Waals surface area contributed by atoms with Crippen molar-refractivity contribution < 1.29 is 28.2 Å². The number of imide groups is 1. The molecule has 2 heterocycles. The highest BCUT2D eigenvalue weighted by molar-refractivity contribution is 6.01. The number of hydrogen-bond donors (Lipinski definition) is 0. The van der Waals surface area contributed by atoms with Crippen molar-refractivity contribution in [1.29, 1.82) is 0 Å². The van der Waals surface area contributed by atoms with Gasteiger partial charge in [0.05, 0.1) is 0 Å². The summed E-state index contributed by atoms with van der Waals surface area (Å²) < 4.78 is 30.2. The van der Waals surface area contributed by atoms with Crippen molar-refractivity contribution in [2.45, 2.75) is 58.2 Å². The predicted molar refractivity (Wildman–Crippen MR) is 86.0 cm³/mol. The zero-order chi connectivity index (χ0) is 19.0. The van der Waals surface area contributed by atoms with Gasteiger partial charge in [-0.05, 0) is 46.8 Å². The Bertz CT molecular complexity index is 671. The lowest BCUT2D eigenvalue weighted by Gasteiger charge is -2.46. The average Bonchev–Trinajstić information content (AvgIpc) is 2.49. The molecule has 7 nitrogen and oxygen atoms in total. The number of ether oxygens (including phenoxy) is 3. The quantitative estimate of drug-likeness (QED) is 0.611. The van der Waals surface area contributed by atoms with Crippen molar-refractivity contribution in [2.75, 3.05) is 7.11 Å². The first-order valence-electron chi connectivity index (χ1n) is 7.86. The summed E-state index contributed by atoms with van der Waals surface area (Å²) in [6.45, 7) is 8.25. The number of nitrogens with zero attached hydrogens (tertiary/aromatic N) is 2. The number of hydrogen-bond acceptors (Lipinski definition) is 6. The van der Waals surface area contributed by atoms with Crippen LogP contribution in [0.4, 0.5) is 9.18 Å². The number of pyridine rings is 1. The Balaban J connectivity index is 2.35. The van der Waals surface area contributed by atoms with Gasteiger partial charge < -0.3 is 14.2 Å². The molecule has 8 heteroatoms. The van der Waals surface area contributed by atoms with Gasteiger partial charge in [-0.15, -0.1) is 0 Å². The molecule has 2 rings (SSSR count). The Morgan fingerprint density at radius 1 is 1.28 bits per heavy atom. The molecule has 1 saturated heterocycles. The zero-order valence-electron chi connectivity index (χ0n) is 15.2. The molecule has 1 aliphatic rings. The normalized spacial score (nSPS) is 21.1. The fraction of sp³-hybridized carbons (Fsp3) is 0.588. The second-order valence-electron chi connectivity index (χ2n) is 7.15. The highest BCUT2D eigenvalue weighted by Crippen LogP contribution is 2.40. The second-order valence-corrected chi connectivity index (χ2v) is 7.15. The average molecular weight is 354 g/mol. The molecule has 0 bridgehead atoms. The van der Waals surface area contributed by atoms with E-state index in [-0.39, 0.29) is 5.69 Å². The van der Waals surface area contributed by atoms with E-state index in [0.29, 0.717) is 0 Å². The Morgan fingerprint density at radius 3 is 2.44 bits per heavy atom. The third kappa shape index (κ3) is 4.13. The fourth-order valence-electron chi connectivity index (χ4n) is 2.33. The molecule has 1 fully saturated rings. The largest absolute Gasteiger partial charge is 0.443 e. The van der Waals surface area contributed by atoms with Gasteiger partial charge in [0.25, 0.3) is 5.91 Å². The van der Waals surface area contributed by atoms with Crippen molar-refractivity contribution in [2.24, 2.45) is 0 Å². The Morgan fingerprint density at radius 2 is 1.92 bits per heavy atom. The molecule has 2 atom stereocenters. The summed E-state index contributed by atoms with van der Waals surface area (Å²) in [6.07, 6.45) is -0.595. The number of aromatic nitrogens is 1. The van der Waals surface area contributed by atoms with Crippen LogP contribution in [0.5, 0.6) is 0 Å². The van der Waals surface area contributed by atoms with Gasteiger partial charge in [0.15, 0.2) is 11.9 Å². The van der Waals surface area contributed by atoms with E-state index in [1.54, 1.807) is 34.6 Å². The van der Waals surface area contributed by atoms with Crippen molar-refractivity contribution in [3.05, 3.63) is 29.8 Å². The lowest BCUT2D eigenvalue weighted by molar-refractivity contribution is -0.252. The van der Waals surface area contributed by atoms with Crippen molar-refractivity contribution in [1.82, 2.24) is 9.88 Å². The molecule has 0 aromatic carbocycles. The van der Waals surface area contributed by atoms with Gasteiger partial charge in [0, 0.05) is 13.3 Å². The van der Waals surface area contributed by atoms with Crippen molar-refractivity contribution in [3.8, 4) is 0 Å². The van der Waals surface area contributed by atoms with E-state index in [1.807, 2.05) is 0 Å². The van der Waals surface area contributed by atoms with Crippen LogP contribution >= 0.6 is 0 Å². The summed E-state index contributed by atoms with van der Waals surface area (Å²) in [4.78, 5) is 29.6. The second kappa shape index (κ2) is 6.68. The van der Waals surface area contributed by atoms with E-state index in [1.165, 1.54) is 25.4 Å². The summed E-state index contributed by atoms with van der Waals surface area (Å²) in [5.41, 5.74) is -0.868. The molecular formula is C17H23FN2O5. The highest BCUT2D eigenvalue weighted by Gasteiger charge is 2.57. The number of carbonyl (C=O) groups is 2. The van der Waals surface area contributed by atoms with Crippen LogP contribution in [0.25, 0.3) is 0 Å². The van der Waals surface area contributed by atoms with E-state index < -0.39 is 41.4 Å². The summed E-state index contributed by atoms with van der Waals surface area (Å²) in [5, 5.41) is 0. The zero-order valence-corrected chi connectivity index (χ0v) is 15.2. The maximum Gasteiger partial charge on any atom is 0.417 e. The lowest BCUT2D eigenvalue weighted by atomic mass is 9.94. The first kappa shape index (κ1) is 19.3. The minimum atomic E-state index is -1.10. The molecule has 0 spiro atoms. The van der Waals surface area contributed by atoms with Crippen LogP contribution in [0.2, 0.25) is 0 Å². The van der Waals surface area contributed by atoms with Gasteiger partial charge in [-0.3, -0.25) is 9.78 Å². The smallest absolute Gasteiger partial charge is 0.417 e. The van der Waals surface area contributed by atoms with E-state index in [2.05, 4.69) is 4.98 Å². The van der Waals surface area contributed by atoms with Gasteiger partial charge in [-0.25, -0.2) is 14.1 Å². The van der Waals surface area contributed by atoms with Gasteiger partial charge in [0.1, 0.15) is 23.2 Å². The van der Waals surface area contributed by atoms with Crippen LogP contribution < -0.4 is 0 Å². The molecule has 25 heavy (non-hydrogen) atoms. The predicted octanol–water partition coefficient (Wildman–Crippen LogP) is 2.81. The third-order valence-corrected chi connectivity index (χ3v) is 3.61. The molecule has 0 unspecified atom stereocenters. The number of halogens is 1. The summed E-state index contributed by atoms with van der Waals surface area (Å²) in [7, 11) is 1.42. The lowest BCUT2D eigenvalue weighted by Crippen LogP contribution is -2.64. The maximum atomic E-state index is 14.2. The summed E-state index contributed by atoms with van der Waals surface area (Å²) in [5.74, 6) is -2.36. The minimum Gasteiger partial charge on any atom is -0.443 e. The third-order valence-electron chi connectivity index (χ3n) is 3.61. The van der Waals surface area contributed by atoms with E-state index in [0.717, 1.165) is 4.90 Å². The van der Waals surface area contributed by atoms with Crippen molar-refractivity contribution >= 4 is 12.0 Å². The first-order chi connectivity index (χ1) is 11.5. The molecule has 0 aliphatic carbocycles. The molecule has 0 N–H and O–H groups in total. The van der Waals surface area contributed by atoms with Crippen LogP contribution in [0.15, 0.2) is 18.3 Å². The van der Waals surface area contributed by atoms with Gasteiger partial charge in [0.2, 0.25) is 0 Å².